The van der Waals surface area contributed by atoms with Gasteiger partial charge in [0.25, 0.3) is 5.91 Å². The van der Waals surface area contributed by atoms with Crippen LogP contribution in [0.2, 0.25) is 0 Å². The lowest BCUT2D eigenvalue weighted by Crippen LogP contribution is -2.24. The Morgan fingerprint density at radius 1 is 1.09 bits per heavy atom. The molecular weight excluding hydrogens is 278 g/mol. The second-order valence-electron chi connectivity index (χ2n) is 5.19. The first kappa shape index (κ1) is 12.7. The molecule has 0 atom stereocenters. The molecule has 3 aromatic rings. The molecule has 0 unspecified atom stereocenters. The molecular formula is C16H13N5O. The second-order valence-corrected chi connectivity index (χ2v) is 5.19. The number of nitrogens with zero attached hydrogens (tertiary/aromatic N) is 5. The summed E-state index contributed by atoms with van der Waals surface area (Å²) in [4.78, 5) is 18.8. The van der Waals surface area contributed by atoms with E-state index in [1.54, 1.807) is 15.8 Å². The number of anilines is 1. The zero-order valence-corrected chi connectivity index (χ0v) is 12.0. The van der Waals surface area contributed by atoms with Crippen molar-refractivity contribution in [1.29, 1.82) is 0 Å². The third-order valence-electron chi connectivity index (χ3n) is 3.77. The Labute approximate surface area is 127 Å². The number of rotatable bonds is 2. The Bertz CT molecular complexity index is 870. The van der Waals surface area contributed by atoms with E-state index < -0.39 is 0 Å². The number of hydrogen-bond acceptors (Lipinski definition) is 4. The topological polar surface area (TPSA) is 63.9 Å². The summed E-state index contributed by atoms with van der Waals surface area (Å²) in [5, 5.41) is 7.92. The van der Waals surface area contributed by atoms with Crippen molar-refractivity contribution in [2.75, 3.05) is 4.90 Å². The SMILES string of the molecule is Cn1cnnc1-c1cccc(N2Cc3ccccc3C2=O)n1. The van der Waals surface area contributed by atoms with E-state index in [2.05, 4.69) is 15.2 Å². The number of hydrogen-bond donors (Lipinski definition) is 0. The van der Waals surface area contributed by atoms with E-state index >= 15 is 0 Å². The van der Waals surface area contributed by atoms with Gasteiger partial charge in [-0.1, -0.05) is 24.3 Å². The van der Waals surface area contributed by atoms with E-state index in [1.807, 2.05) is 49.5 Å². The molecule has 6 heteroatoms. The molecule has 0 aliphatic carbocycles. The number of carbonyl (C=O) groups excluding carboxylic acids is 1. The quantitative estimate of drug-likeness (QED) is 0.725. The highest BCUT2D eigenvalue weighted by Crippen LogP contribution is 2.28. The summed E-state index contributed by atoms with van der Waals surface area (Å²) in [7, 11) is 1.86. The molecule has 0 N–H and O–H groups in total. The Morgan fingerprint density at radius 3 is 2.73 bits per heavy atom. The van der Waals surface area contributed by atoms with Gasteiger partial charge in [0.1, 0.15) is 17.8 Å². The van der Waals surface area contributed by atoms with E-state index in [0.717, 1.165) is 11.1 Å². The van der Waals surface area contributed by atoms with Crippen LogP contribution < -0.4 is 4.90 Å². The van der Waals surface area contributed by atoms with Gasteiger partial charge in [0.05, 0.1) is 6.54 Å². The minimum absolute atomic E-state index is 0.0155. The van der Waals surface area contributed by atoms with E-state index in [-0.39, 0.29) is 5.91 Å². The number of pyridine rings is 1. The Kier molecular flexibility index (Phi) is 2.75. The number of aromatic nitrogens is 4. The Hall–Kier alpha value is -3.02. The van der Waals surface area contributed by atoms with Crippen molar-refractivity contribution >= 4 is 11.7 Å². The summed E-state index contributed by atoms with van der Waals surface area (Å²) in [6, 6.07) is 13.2. The highest BCUT2D eigenvalue weighted by atomic mass is 16.2. The second kappa shape index (κ2) is 4.77. The van der Waals surface area contributed by atoms with Crippen molar-refractivity contribution in [1.82, 2.24) is 19.7 Å². The van der Waals surface area contributed by atoms with Crippen molar-refractivity contribution in [2.24, 2.45) is 7.05 Å². The summed E-state index contributed by atoms with van der Waals surface area (Å²) in [5.41, 5.74) is 2.47. The number of fused-ring (bicyclic) bond motifs is 1. The van der Waals surface area contributed by atoms with Gasteiger partial charge in [-0.2, -0.15) is 0 Å². The zero-order chi connectivity index (χ0) is 15.1. The van der Waals surface area contributed by atoms with Crippen molar-refractivity contribution in [3.63, 3.8) is 0 Å². The molecule has 0 fully saturated rings. The molecule has 6 nitrogen and oxygen atoms in total. The van der Waals surface area contributed by atoms with Crippen LogP contribution in [-0.4, -0.2) is 25.7 Å². The van der Waals surface area contributed by atoms with Crippen molar-refractivity contribution in [2.45, 2.75) is 6.54 Å². The first-order valence-corrected chi connectivity index (χ1v) is 6.95. The van der Waals surface area contributed by atoms with Gasteiger partial charge in [-0.3, -0.25) is 9.69 Å². The van der Waals surface area contributed by atoms with Gasteiger partial charge in [-0.05, 0) is 23.8 Å². The van der Waals surface area contributed by atoms with Gasteiger partial charge in [0, 0.05) is 12.6 Å². The molecule has 3 heterocycles. The van der Waals surface area contributed by atoms with Crippen LogP contribution in [0.1, 0.15) is 15.9 Å². The van der Waals surface area contributed by atoms with Crippen LogP contribution in [0, 0.1) is 0 Å². The molecule has 1 aliphatic rings. The molecule has 0 spiro atoms. The normalized spacial score (nSPS) is 13.5. The van der Waals surface area contributed by atoms with Crippen molar-refractivity contribution in [3.05, 3.63) is 59.9 Å². The molecule has 1 amide bonds. The average molecular weight is 291 g/mol. The van der Waals surface area contributed by atoms with Crippen LogP contribution in [0.5, 0.6) is 0 Å². The maximum atomic E-state index is 12.5. The van der Waals surface area contributed by atoms with Crippen LogP contribution in [0.25, 0.3) is 11.5 Å². The lowest BCUT2D eigenvalue weighted by Gasteiger charge is -2.15. The number of benzene rings is 1. The zero-order valence-electron chi connectivity index (χ0n) is 12.0. The lowest BCUT2D eigenvalue weighted by molar-refractivity contribution is 0.0996. The van der Waals surface area contributed by atoms with E-state index in [4.69, 9.17) is 0 Å². The fourth-order valence-corrected chi connectivity index (χ4v) is 2.65. The third-order valence-corrected chi connectivity index (χ3v) is 3.77. The molecule has 0 bridgehead atoms. The average Bonchev–Trinajstić information content (AvgIpc) is 3.12. The van der Waals surface area contributed by atoms with Crippen LogP contribution >= 0.6 is 0 Å². The smallest absolute Gasteiger partial charge is 0.260 e. The number of carbonyl (C=O) groups is 1. The molecule has 2 aromatic heterocycles. The minimum Gasteiger partial charge on any atom is -0.315 e. The highest BCUT2D eigenvalue weighted by Gasteiger charge is 2.29. The fourth-order valence-electron chi connectivity index (χ4n) is 2.65. The van der Waals surface area contributed by atoms with Crippen molar-refractivity contribution < 1.29 is 4.79 Å². The van der Waals surface area contributed by atoms with Crippen molar-refractivity contribution in [3.8, 4) is 11.5 Å². The summed E-state index contributed by atoms with van der Waals surface area (Å²) >= 11 is 0. The number of amides is 1. The standard InChI is InChI=1S/C16H13N5O/c1-20-10-17-19-15(20)13-7-4-8-14(18-13)21-9-11-5-2-3-6-12(11)16(21)22/h2-8,10H,9H2,1H3. The van der Waals surface area contributed by atoms with Gasteiger partial charge in [0.2, 0.25) is 0 Å². The monoisotopic (exact) mass is 291 g/mol. The molecule has 0 saturated heterocycles. The van der Waals surface area contributed by atoms with Gasteiger partial charge in [-0.25, -0.2) is 4.98 Å². The third kappa shape index (κ3) is 1.88. The molecule has 0 saturated carbocycles. The molecule has 22 heavy (non-hydrogen) atoms. The van der Waals surface area contributed by atoms with E-state index in [1.165, 1.54) is 0 Å². The van der Waals surface area contributed by atoms with Gasteiger partial charge < -0.3 is 4.57 Å². The number of aryl methyl sites for hydroxylation is 1. The molecule has 1 aliphatic heterocycles. The minimum atomic E-state index is -0.0155. The summed E-state index contributed by atoms with van der Waals surface area (Å²) < 4.78 is 1.80. The van der Waals surface area contributed by atoms with Crippen LogP contribution in [0.15, 0.2) is 48.8 Å². The molecule has 0 radical (unpaired) electrons. The van der Waals surface area contributed by atoms with E-state index in [0.29, 0.717) is 23.9 Å². The maximum Gasteiger partial charge on any atom is 0.260 e. The van der Waals surface area contributed by atoms with Crippen LogP contribution in [0.4, 0.5) is 5.82 Å². The van der Waals surface area contributed by atoms with Gasteiger partial charge >= 0.3 is 0 Å². The van der Waals surface area contributed by atoms with Gasteiger partial charge in [0.15, 0.2) is 5.82 Å². The first-order chi connectivity index (χ1) is 10.7. The summed E-state index contributed by atoms with van der Waals surface area (Å²) in [6.07, 6.45) is 1.63. The fraction of sp³-hybridized carbons (Fsp3) is 0.125. The lowest BCUT2D eigenvalue weighted by atomic mass is 10.1. The summed E-state index contributed by atoms with van der Waals surface area (Å²) in [6.45, 7) is 0.546. The predicted octanol–water partition coefficient (Wildman–Crippen LogP) is 2.04. The first-order valence-electron chi connectivity index (χ1n) is 6.95. The highest BCUT2D eigenvalue weighted by molar-refractivity contribution is 6.09. The molecule has 1 aromatic carbocycles. The maximum absolute atomic E-state index is 12.5. The van der Waals surface area contributed by atoms with E-state index in [9.17, 15) is 4.79 Å². The van der Waals surface area contributed by atoms with Crippen LogP contribution in [-0.2, 0) is 13.6 Å². The van der Waals surface area contributed by atoms with Gasteiger partial charge in [-0.15, -0.1) is 10.2 Å². The van der Waals surface area contributed by atoms with Crippen LogP contribution in [0.3, 0.4) is 0 Å². The molecule has 108 valence electrons. The predicted molar refractivity (Wildman–Crippen MR) is 81.2 cm³/mol. The molecule has 4 rings (SSSR count). The Balaban J connectivity index is 1.74. The largest absolute Gasteiger partial charge is 0.315 e. The summed E-state index contributed by atoms with van der Waals surface area (Å²) in [5.74, 6) is 1.28. The Morgan fingerprint density at radius 2 is 1.95 bits per heavy atom.